The number of aromatic nitrogens is 5. The first kappa shape index (κ1) is 24.6. The molecule has 0 spiro atoms. The zero-order chi connectivity index (χ0) is 24.8. The Kier molecular flexibility index (Phi) is 7.72. The summed E-state index contributed by atoms with van der Waals surface area (Å²) >= 11 is 0. The van der Waals surface area contributed by atoms with Crippen LogP contribution in [-0.4, -0.2) is 67.8 Å². The van der Waals surface area contributed by atoms with Crippen molar-refractivity contribution in [3.63, 3.8) is 0 Å². The van der Waals surface area contributed by atoms with Crippen molar-refractivity contribution in [2.45, 2.75) is 38.6 Å². The molecule has 2 atom stereocenters. The minimum Gasteiger partial charge on any atom is -0.469 e. The molecule has 180 valence electrons. The van der Waals surface area contributed by atoms with Gasteiger partial charge in [-0.15, -0.1) is 0 Å². The molecule has 1 amide bonds. The summed E-state index contributed by atoms with van der Waals surface area (Å²) in [4.78, 5) is 24.6. The van der Waals surface area contributed by atoms with Crippen LogP contribution in [0.15, 0.2) is 31.2 Å². The average molecular weight is 476 g/mol. The van der Waals surface area contributed by atoms with E-state index in [4.69, 9.17) is 4.74 Å². The number of fused-ring (bicyclic) bond motifs is 1. The molecule has 0 bridgehead atoms. The van der Waals surface area contributed by atoms with E-state index in [-0.39, 0.29) is 41.4 Å². The van der Waals surface area contributed by atoms with Crippen LogP contribution in [0.5, 0.6) is 5.88 Å². The number of hydrogen-bond donors (Lipinski definition) is 2. The third-order valence-electron chi connectivity index (χ3n) is 4.89. The first-order chi connectivity index (χ1) is 16.2. The van der Waals surface area contributed by atoms with Gasteiger partial charge in [0.15, 0.2) is 0 Å². The normalized spacial score (nSPS) is 12.9. The number of aromatic amines is 1. The van der Waals surface area contributed by atoms with Crippen LogP contribution in [-0.2, 0) is 11.3 Å². The maximum atomic E-state index is 14.8. The quantitative estimate of drug-likeness (QED) is 0.407. The second kappa shape index (κ2) is 10.7. The molecule has 3 rings (SSSR count). The highest BCUT2D eigenvalue weighted by atomic mass is 19.3. The van der Waals surface area contributed by atoms with Crippen LogP contribution in [0.25, 0.3) is 11.0 Å². The maximum Gasteiger partial charge on any atom is 0.257 e. The van der Waals surface area contributed by atoms with E-state index < -0.39 is 31.2 Å². The molecule has 0 aliphatic carbocycles. The number of carbonyl (C=O) groups excluding carboxylic acids is 1. The van der Waals surface area contributed by atoms with Crippen LogP contribution >= 0.6 is 0 Å². The van der Waals surface area contributed by atoms with Gasteiger partial charge in [0.1, 0.15) is 30.5 Å². The van der Waals surface area contributed by atoms with Crippen LogP contribution in [0.3, 0.4) is 0 Å². The highest BCUT2D eigenvalue weighted by Gasteiger charge is 2.27. The number of rotatable bonds is 11. The SMILES string of the molecule is C=CC(=O)N(C)C[C@H](Oc1nc(Nc2cnn(CC(F)F)c2)nc2[nH]cc(C#N)c12)[C@@H](F)CC. The molecule has 0 saturated heterocycles. The molecule has 34 heavy (non-hydrogen) atoms. The van der Waals surface area contributed by atoms with Gasteiger partial charge >= 0.3 is 0 Å². The molecule has 2 N–H and O–H groups in total. The van der Waals surface area contributed by atoms with Crippen LogP contribution in [0, 0.1) is 11.3 Å². The van der Waals surface area contributed by atoms with Gasteiger partial charge in [-0.1, -0.05) is 13.5 Å². The minimum atomic E-state index is -2.57. The number of H-pyrrole nitrogens is 1. The van der Waals surface area contributed by atoms with Crippen molar-refractivity contribution >= 4 is 28.6 Å². The summed E-state index contributed by atoms with van der Waals surface area (Å²) in [6, 6.07) is 2.00. The van der Waals surface area contributed by atoms with Crippen LogP contribution in [0.1, 0.15) is 18.9 Å². The van der Waals surface area contributed by atoms with E-state index in [2.05, 4.69) is 31.9 Å². The van der Waals surface area contributed by atoms with Gasteiger partial charge in [0.2, 0.25) is 17.7 Å². The molecular weight excluding hydrogens is 453 g/mol. The number of nitriles is 1. The van der Waals surface area contributed by atoms with Gasteiger partial charge in [-0.05, 0) is 12.5 Å². The number of ether oxygens (including phenoxy) is 1. The Morgan fingerprint density at radius 2 is 2.21 bits per heavy atom. The van der Waals surface area contributed by atoms with E-state index >= 15 is 0 Å². The highest BCUT2D eigenvalue weighted by Crippen LogP contribution is 2.30. The summed E-state index contributed by atoms with van der Waals surface area (Å²) in [6.07, 6.45) is 0.183. The standard InChI is InChI=1S/C21H23F3N8O2/c1-4-14(22)15(10-31(3)17(33)5-2)34-20-18-12(6-25)7-26-19(18)29-21(30-20)28-13-8-27-32(9-13)11-16(23)24/h5,7-9,14-16H,2,4,10-11H2,1,3H3,(H2,26,28,29,30)/t14-,15-/m0/s1. The minimum absolute atomic E-state index is 0.00613. The highest BCUT2D eigenvalue weighted by molar-refractivity contribution is 5.88. The zero-order valence-corrected chi connectivity index (χ0v) is 18.5. The van der Waals surface area contributed by atoms with Crippen molar-refractivity contribution in [1.82, 2.24) is 29.6 Å². The maximum absolute atomic E-state index is 14.8. The zero-order valence-electron chi connectivity index (χ0n) is 18.5. The fraction of sp³-hybridized carbons (Fsp3) is 0.381. The Hall–Kier alpha value is -4.08. The lowest BCUT2D eigenvalue weighted by Gasteiger charge is -2.26. The molecule has 0 unspecified atom stereocenters. The molecule has 0 aromatic carbocycles. The summed E-state index contributed by atoms with van der Waals surface area (Å²) in [5.41, 5.74) is 0.760. The summed E-state index contributed by atoms with van der Waals surface area (Å²) in [5.74, 6) is -0.482. The lowest BCUT2D eigenvalue weighted by Crippen LogP contribution is -2.41. The Balaban J connectivity index is 1.96. The number of nitrogens with zero attached hydrogens (tertiary/aromatic N) is 6. The van der Waals surface area contributed by atoms with Crippen molar-refractivity contribution in [1.29, 1.82) is 5.26 Å². The number of likely N-dealkylation sites (N-methyl/N-ethyl adjacent to an activating group) is 1. The predicted octanol–water partition coefficient (Wildman–Crippen LogP) is 3.17. The van der Waals surface area contributed by atoms with E-state index in [1.807, 2.05) is 6.07 Å². The van der Waals surface area contributed by atoms with Gasteiger partial charge in [-0.25, -0.2) is 13.2 Å². The summed E-state index contributed by atoms with van der Waals surface area (Å²) < 4.78 is 46.9. The summed E-state index contributed by atoms with van der Waals surface area (Å²) in [7, 11) is 1.49. The Morgan fingerprint density at radius 1 is 1.44 bits per heavy atom. The van der Waals surface area contributed by atoms with Crippen molar-refractivity contribution in [3.8, 4) is 11.9 Å². The van der Waals surface area contributed by atoms with Crippen molar-refractivity contribution < 1.29 is 22.7 Å². The predicted molar refractivity (Wildman–Crippen MR) is 118 cm³/mol. The third kappa shape index (κ3) is 5.64. The largest absolute Gasteiger partial charge is 0.469 e. The summed E-state index contributed by atoms with van der Waals surface area (Å²) in [5, 5.41) is 16.4. The lowest BCUT2D eigenvalue weighted by atomic mass is 10.1. The Morgan fingerprint density at radius 3 is 2.85 bits per heavy atom. The van der Waals surface area contributed by atoms with Crippen LogP contribution < -0.4 is 10.1 Å². The summed E-state index contributed by atoms with van der Waals surface area (Å²) in [6.45, 7) is 4.38. The molecule has 3 aromatic heterocycles. The molecule has 0 aliphatic rings. The molecule has 0 saturated carbocycles. The van der Waals surface area contributed by atoms with E-state index in [1.54, 1.807) is 6.92 Å². The molecule has 3 heterocycles. The first-order valence-electron chi connectivity index (χ1n) is 10.3. The van der Waals surface area contributed by atoms with E-state index in [1.165, 1.54) is 30.5 Å². The van der Waals surface area contributed by atoms with Crippen molar-refractivity contribution in [2.24, 2.45) is 0 Å². The fourth-order valence-electron chi connectivity index (χ4n) is 3.18. The fourth-order valence-corrected chi connectivity index (χ4v) is 3.18. The number of halogens is 3. The number of nitrogens with one attached hydrogen (secondary N) is 2. The third-order valence-corrected chi connectivity index (χ3v) is 4.89. The van der Waals surface area contributed by atoms with Gasteiger partial charge in [0.25, 0.3) is 6.43 Å². The average Bonchev–Trinajstić information content (AvgIpc) is 3.43. The first-order valence-corrected chi connectivity index (χ1v) is 10.3. The van der Waals surface area contributed by atoms with E-state index in [0.29, 0.717) is 5.69 Å². The van der Waals surface area contributed by atoms with E-state index in [9.17, 15) is 23.2 Å². The lowest BCUT2D eigenvalue weighted by molar-refractivity contribution is -0.126. The van der Waals surface area contributed by atoms with Crippen LogP contribution in [0.4, 0.5) is 24.8 Å². The topological polar surface area (TPSA) is 125 Å². The van der Waals surface area contributed by atoms with Gasteiger partial charge in [-0.3, -0.25) is 9.48 Å². The second-order valence-corrected chi connectivity index (χ2v) is 7.36. The van der Waals surface area contributed by atoms with Crippen molar-refractivity contribution in [2.75, 3.05) is 18.9 Å². The molecule has 13 heteroatoms. The number of alkyl halides is 3. The smallest absolute Gasteiger partial charge is 0.257 e. The number of anilines is 2. The van der Waals surface area contributed by atoms with Gasteiger partial charge in [0.05, 0.1) is 29.4 Å². The number of amides is 1. The monoisotopic (exact) mass is 476 g/mol. The molecule has 0 fully saturated rings. The molecule has 0 aliphatic heterocycles. The Bertz CT molecular complexity index is 1200. The van der Waals surface area contributed by atoms with Gasteiger partial charge in [-0.2, -0.15) is 20.3 Å². The second-order valence-electron chi connectivity index (χ2n) is 7.36. The number of carbonyl (C=O) groups is 1. The molecule has 0 radical (unpaired) electrons. The van der Waals surface area contributed by atoms with Crippen LogP contribution in [0.2, 0.25) is 0 Å². The number of hydrogen-bond acceptors (Lipinski definition) is 7. The molecule has 10 nitrogen and oxygen atoms in total. The van der Waals surface area contributed by atoms with E-state index in [0.717, 1.165) is 10.8 Å². The molecule has 3 aromatic rings. The van der Waals surface area contributed by atoms with Gasteiger partial charge < -0.3 is 19.9 Å². The Labute approximate surface area is 193 Å². The molecular formula is C21H23F3N8O2. The van der Waals surface area contributed by atoms with Crippen molar-refractivity contribution in [3.05, 3.63) is 36.8 Å². The van der Waals surface area contributed by atoms with Gasteiger partial charge in [0, 0.05) is 19.4 Å².